The maximum atomic E-state index is 5.79. The third kappa shape index (κ3) is 2.18. The number of hydrogen-bond acceptors (Lipinski definition) is 4. The van der Waals surface area contributed by atoms with E-state index < -0.39 is 0 Å². The molecule has 18 heavy (non-hydrogen) atoms. The van der Waals surface area contributed by atoms with E-state index in [0.29, 0.717) is 11.4 Å². The zero-order chi connectivity index (χ0) is 12.5. The number of thioether (sulfide) groups is 1. The van der Waals surface area contributed by atoms with Crippen molar-refractivity contribution in [3.63, 3.8) is 0 Å². The predicted molar refractivity (Wildman–Crippen MR) is 75.8 cm³/mol. The van der Waals surface area contributed by atoms with Gasteiger partial charge in [-0.1, -0.05) is 0 Å². The van der Waals surface area contributed by atoms with Crippen LogP contribution in [0.15, 0.2) is 35.4 Å². The minimum Gasteiger partial charge on any atom is -0.399 e. The van der Waals surface area contributed by atoms with Crippen molar-refractivity contribution in [3.8, 4) is 0 Å². The molecule has 2 N–H and O–H groups in total. The van der Waals surface area contributed by atoms with Gasteiger partial charge in [0.25, 0.3) is 0 Å². The first-order valence-corrected chi connectivity index (χ1v) is 7.04. The van der Waals surface area contributed by atoms with Gasteiger partial charge in [-0.3, -0.25) is 4.98 Å². The molecule has 3 rings (SSSR count). The molecular weight excluding hydrogens is 244 g/mol. The first kappa shape index (κ1) is 11.8. The van der Waals surface area contributed by atoms with Gasteiger partial charge in [0.15, 0.2) is 0 Å². The Labute approximate surface area is 111 Å². The lowest BCUT2D eigenvalue weighted by molar-refractivity contribution is 0.127. The molecule has 3 nitrogen and oxygen atoms in total. The largest absolute Gasteiger partial charge is 0.399 e. The Morgan fingerprint density at radius 1 is 1.39 bits per heavy atom. The topological polar surface area (TPSA) is 48.1 Å². The lowest BCUT2D eigenvalue weighted by Crippen LogP contribution is -2.13. The van der Waals surface area contributed by atoms with Crippen LogP contribution in [0.2, 0.25) is 0 Å². The van der Waals surface area contributed by atoms with Crippen LogP contribution in [0.5, 0.6) is 0 Å². The molecule has 4 heteroatoms. The fraction of sp³-hybridized carbons (Fsp3) is 0.357. The van der Waals surface area contributed by atoms with Gasteiger partial charge in [0.1, 0.15) is 0 Å². The molecule has 0 saturated carbocycles. The summed E-state index contributed by atoms with van der Waals surface area (Å²) in [5.74, 6) is 0. The predicted octanol–water partition coefficient (Wildman–Crippen LogP) is 3.09. The lowest BCUT2D eigenvalue weighted by Gasteiger charge is -2.14. The number of hydrogen-bond donors (Lipinski definition) is 1. The molecular formula is C14H16N2OS. The molecule has 1 aromatic carbocycles. The standard InChI is InChI=1S/C14H16N2OS/c1-9-13(5-7-17-9)18-14-4-6-16-12-8-10(15)2-3-11(12)14/h2-4,6,8-9,13H,5,7,15H2,1H3. The average Bonchev–Trinajstić information content (AvgIpc) is 2.75. The van der Waals surface area contributed by atoms with Gasteiger partial charge in [-0.05, 0) is 37.6 Å². The second kappa shape index (κ2) is 4.78. The molecule has 0 amide bonds. The SMILES string of the molecule is CC1OCCC1Sc1ccnc2cc(N)ccc12. The van der Waals surface area contributed by atoms with Crippen LogP contribution in [-0.4, -0.2) is 22.9 Å². The quantitative estimate of drug-likeness (QED) is 0.843. The van der Waals surface area contributed by atoms with Crippen LogP contribution in [0.4, 0.5) is 5.69 Å². The Balaban J connectivity index is 1.96. The monoisotopic (exact) mass is 260 g/mol. The van der Waals surface area contributed by atoms with Crippen molar-refractivity contribution in [2.75, 3.05) is 12.3 Å². The number of ether oxygens (including phenoxy) is 1. The van der Waals surface area contributed by atoms with Crippen LogP contribution >= 0.6 is 11.8 Å². The molecule has 0 radical (unpaired) electrons. The number of benzene rings is 1. The molecule has 1 aromatic heterocycles. The summed E-state index contributed by atoms with van der Waals surface area (Å²) in [6.45, 7) is 3.01. The number of aromatic nitrogens is 1. The highest BCUT2D eigenvalue weighted by Gasteiger charge is 2.25. The number of nitrogens with zero attached hydrogens (tertiary/aromatic N) is 1. The second-order valence-electron chi connectivity index (χ2n) is 4.61. The number of fused-ring (bicyclic) bond motifs is 1. The number of pyridine rings is 1. The van der Waals surface area contributed by atoms with Crippen molar-refractivity contribution in [1.82, 2.24) is 4.98 Å². The average molecular weight is 260 g/mol. The minimum atomic E-state index is 0.326. The Hall–Kier alpha value is -1.26. The zero-order valence-corrected chi connectivity index (χ0v) is 11.1. The Kier molecular flexibility index (Phi) is 3.14. The van der Waals surface area contributed by atoms with Crippen molar-refractivity contribution < 1.29 is 4.74 Å². The van der Waals surface area contributed by atoms with Crippen molar-refractivity contribution in [2.45, 2.75) is 29.6 Å². The Morgan fingerprint density at radius 3 is 3.06 bits per heavy atom. The van der Waals surface area contributed by atoms with Crippen molar-refractivity contribution in [2.24, 2.45) is 0 Å². The fourth-order valence-electron chi connectivity index (χ4n) is 2.27. The van der Waals surface area contributed by atoms with Crippen LogP contribution in [0.25, 0.3) is 10.9 Å². The molecule has 94 valence electrons. The first-order chi connectivity index (χ1) is 8.74. The summed E-state index contributed by atoms with van der Waals surface area (Å²) in [5, 5.41) is 1.71. The van der Waals surface area contributed by atoms with Crippen molar-refractivity contribution in [1.29, 1.82) is 0 Å². The van der Waals surface area contributed by atoms with Gasteiger partial charge in [0.05, 0.1) is 11.6 Å². The first-order valence-electron chi connectivity index (χ1n) is 6.16. The molecule has 2 atom stereocenters. The van der Waals surface area contributed by atoms with Gasteiger partial charge in [0, 0.05) is 34.0 Å². The minimum absolute atomic E-state index is 0.326. The highest BCUT2D eigenvalue weighted by molar-refractivity contribution is 8.00. The second-order valence-corrected chi connectivity index (χ2v) is 5.89. The Bertz CT molecular complexity index is 573. The van der Waals surface area contributed by atoms with Crippen LogP contribution < -0.4 is 5.73 Å². The van der Waals surface area contributed by atoms with Gasteiger partial charge >= 0.3 is 0 Å². The van der Waals surface area contributed by atoms with Gasteiger partial charge in [0.2, 0.25) is 0 Å². The number of nitrogen functional groups attached to an aromatic ring is 1. The van der Waals surface area contributed by atoms with E-state index in [2.05, 4.69) is 24.0 Å². The fourth-order valence-corrected chi connectivity index (χ4v) is 3.52. The molecule has 2 heterocycles. The van der Waals surface area contributed by atoms with Crippen LogP contribution in [0, 0.1) is 0 Å². The van der Waals surface area contributed by atoms with Gasteiger partial charge in [-0.2, -0.15) is 0 Å². The van der Waals surface area contributed by atoms with Gasteiger partial charge in [-0.25, -0.2) is 0 Å². The lowest BCUT2D eigenvalue weighted by atomic mass is 10.2. The summed E-state index contributed by atoms with van der Waals surface area (Å²) in [5.41, 5.74) is 7.52. The van der Waals surface area contributed by atoms with Gasteiger partial charge < -0.3 is 10.5 Å². The summed E-state index contributed by atoms with van der Waals surface area (Å²) in [6.07, 6.45) is 3.29. The highest BCUT2D eigenvalue weighted by atomic mass is 32.2. The molecule has 2 aromatic rings. The van der Waals surface area contributed by atoms with Crippen LogP contribution in [0.1, 0.15) is 13.3 Å². The zero-order valence-electron chi connectivity index (χ0n) is 10.3. The number of nitrogens with two attached hydrogens (primary N) is 1. The molecule has 0 bridgehead atoms. The maximum Gasteiger partial charge on any atom is 0.0733 e. The molecule has 1 fully saturated rings. The van der Waals surface area contributed by atoms with E-state index in [1.807, 2.05) is 30.1 Å². The summed E-state index contributed by atoms with van der Waals surface area (Å²) in [7, 11) is 0. The highest BCUT2D eigenvalue weighted by Crippen LogP contribution is 2.36. The van der Waals surface area contributed by atoms with E-state index in [4.69, 9.17) is 10.5 Å². The summed E-state index contributed by atoms with van der Waals surface area (Å²) in [6, 6.07) is 7.99. The molecule has 0 aliphatic carbocycles. The van der Waals surface area contributed by atoms with E-state index in [9.17, 15) is 0 Å². The van der Waals surface area contributed by atoms with E-state index >= 15 is 0 Å². The number of rotatable bonds is 2. The molecule has 1 saturated heterocycles. The van der Waals surface area contributed by atoms with Crippen molar-refractivity contribution >= 4 is 28.4 Å². The van der Waals surface area contributed by atoms with E-state index in [1.165, 1.54) is 10.3 Å². The molecule has 1 aliphatic rings. The number of anilines is 1. The van der Waals surface area contributed by atoms with E-state index in [-0.39, 0.29) is 0 Å². The summed E-state index contributed by atoms with van der Waals surface area (Å²) in [4.78, 5) is 5.64. The Morgan fingerprint density at radius 2 is 2.28 bits per heavy atom. The van der Waals surface area contributed by atoms with Gasteiger partial charge in [-0.15, -0.1) is 11.8 Å². The van der Waals surface area contributed by atoms with Crippen LogP contribution in [0.3, 0.4) is 0 Å². The molecule has 2 unspecified atom stereocenters. The molecule has 0 spiro atoms. The summed E-state index contributed by atoms with van der Waals surface area (Å²) >= 11 is 1.89. The third-order valence-electron chi connectivity index (χ3n) is 3.31. The van der Waals surface area contributed by atoms with E-state index in [0.717, 1.165) is 24.2 Å². The van der Waals surface area contributed by atoms with Crippen LogP contribution in [-0.2, 0) is 4.74 Å². The summed E-state index contributed by atoms with van der Waals surface area (Å²) < 4.78 is 5.61. The smallest absolute Gasteiger partial charge is 0.0733 e. The maximum absolute atomic E-state index is 5.79. The normalized spacial score (nSPS) is 23.6. The third-order valence-corrected chi connectivity index (χ3v) is 4.84. The van der Waals surface area contributed by atoms with E-state index in [1.54, 1.807) is 0 Å². The molecule has 1 aliphatic heterocycles. The van der Waals surface area contributed by atoms with Crippen molar-refractivity contribution in [3.05, 3.63) is 30.5 Å².